The SMILES string of the molecule is CCNc1ncc(C)c(Sc2nc(C)c(C)c(C)n2)n1. The summed E-state index contributed by atoms with van der Waals surface area (Å²) in [5.41, 5.74) is 4.19. The van der Waals surface area contributed by atoms with Crippen molar-refractivity contribution in [2.24, 2.45) is 0 Å². The van der Waals surface area contributed by atoms with E-state index in [1.807, 2.05) is 40.8 Å². The highest BCUT2D eigenvalue weighted by Crippen LogP contribution is 2.27. The van der Waals surface area contributed by atoms with Gasteiger partial charge in [0.2, 0.25) is 5.95 Å². The highest BCUT2D eigenvalue weighted by Gasteiger charge is 2.10. The van der Waals surface area contributed by atoms with Gasteiger partial charge in [0.05, 0.1) is 0 Å². The summed E-state index contributed by atoms with van der Waals surface area (Å²) >= 11 is 1.48. The Morgan fingerprint density at radius 3 is 2.30 bits per heavy atom. The molecule has 1 N–H and O–H groups in total. The molecule has 0 saturated carbocycles. The normalized spacial score (nSPS) is 10.7. The zero-order valence-electron chi connectivity index (χ0n) is 12.5. The standard InChI is InChI=1S/C14H19N5S/c1-6-15-13-16-7-8(2)12(19-13)20-14-17-10(4)9(3)11(5)18-14/h7H,6H2,1-5H3,(H,15,16,19). The van der Waals surface area contributed by atoms with Gasteiger partial charge in [-0.25, -0.2) is 19.9 Å². The van der Waals surface area contributed by atoms with Gasteiger partial charge in [0.25, 0.3) is 0 Å². The number of aromatic nitrogens is 4. The number of anilines is 1. The van der Waals surface area contributed by atoms with Crippen molar-refractivity contribution in [3.05, 3.63) is 28.7 Å². The maximum Gasteiger partial charge on any atom is 0.223 e. The minimum atomic E-state index is 0.640. The van der Waals surface area contributed by atoms with Crippen LogP contribution in [0.15, 0.2) is 16.4 Å². The van der Waals surface area contributed by atoms with Crippen LogP contribution in [-0.4, -0.2) is 26.5 Å². The van der Waals surface area contributed by atoms with E-state index in [1.165, 1.54) is 11.8 Å². The third kappa shape index (κ3) is 3.25. The van der Waals surface area contributed by atoms with Gasteiger partial charge in [0.1, 0.15) is 5.03 Å². The second-order valence-electron chi connectivity index (χ2n) is 4.62. The highest BCUT2D eigenvalue weighted by molar-refractivity contribution is 7.99. The molecule has 0 saturated heterocycles. The minimum Gasteiger partial charge on any atom is -0.354 e. The molecule has 2 aromatic rings. The first kappa shape index (κ1) is 14.7. The average molecular weight is 289 g/mol. The molecule has 0 bridgehead atoms. The van der Waals surface area contributed by atoms with Gasteiger partial charge in [-0.3, -0.25) is 0 Å². The van der Waals surface area contributed by atoms with Crippen molar-refractivity contribution in [3.8, 4) is 0 Å². The number of rotatable bonds is 4. The molecule has 0 atom stereocenters. The predicted molar refractivity (Wildman–Crippen MR) is 81.3 cm³/mol. The van der Waals surface area contributed by atoms with Crippen molar-refractivity contribution in [2.75, 3.05) is 11.9 Å². The summed E-state index contributed by atoms with van der Waals surface area (Å²) in [5, 5.41) is 4.74. The van der Waals surface area contributed by atoms with E-state index in [2.05, 4.69) is 25.3 Å². The number of hydrogen-bond donors (Lipinski definition) is 1. The summed E-state index contributed by atoms with van der Waals surface area (Å²) in [5.74, 6) is 0.640. The summed E-state index contributed by atoms with van der Waals surface area (Å²) in [7, 11) is 0. The van der Waals surface area contributed by atoms with Gasteiger partial charge in [-0.15, -0.1) is 0 Å². The van der Waals surface area contributed by atoms with Crippen molar-refractivity contribution in [2.45, 2.75) is 44.8 Å². The van der Waals surface area contributed by atoms with Crippen LogP contribution in [0.4, 0.5) is 5.95 Å². The maximum atomic E-state index is 4.52. The molecule has 0 aliphatic carbocycles. The Morgan fingerprint density at radius 1 is 1.05 bits per heavy atom. The fourth-order valence-electron chi connectivity index (χ4n) is 1.65. The Labute approximate surface area is 123 Å². The zero-order valence-corrected chi connectivity index (χ0v) is 13.3. The third-order valence-electron chi connectivity index (χ3n) is 3.06. The highest BCUT2D eigenvalue weighted by atomic mass is 32.2. The Bertz CT molecular complexity index is 604. The molecular weight excluding hydrogens is 270 g/mol. The van der Waals surface area contributed by atoms with Crippen LogP contribution in [0.3, 0.4) is 0 Å². The molecular formula is C14H19N5S. The molecule has 0 aromatic carbocycles. The quantitative estimate of drug-likeness (QED) is 0.689. The van der Waals surface area contributed by atoms with Crippen molar-refractivity contribution < 1.29 is 0 Å². The smallest absolute Gasteiger partial charge is 0.223 e. The molecule has 0 aliphatic heterocycles. The lowest BCUT2D eigenvalue weighted by Crippen LogP contribution is -2.04. The van der Waals surface area contributed by atoms with Crippen LogP contribution in [0, 0.1) is 27.7 Å². The lowest BCUT2D eigenvalue weighted by Gasteiger charge is -2.09. The summed E-state index contributed by atoms with van der Waals surface area (Å²) in [4.78, 5) is 17.8. The Balaban J connectivity index is 2.32. The first-order valence-corrected chi connectivity index (χ1v) is 7.40. The molecule has 2 aromatic heterocycles. The van der Waals surface area contributed by atoms with Crippen molar-refractivity contribution in [1.29, 1.82) is 0 Å². The fraction of sp³-hybridized carbons (Fsp3) is 0.429. The van der Waals surface area contributed by atoms with Gasteiger partial charge in [-0.2, -0.15) is 0 Å². The van der Waals surface area contributed by atoms with E-state index in [4.69, 9.17) is 0 Å². The molecule has 2 rings (SSSR count). The van der Waals surface area contributed by atoms with E-state index in [1.54, 1.807) is 0 Å². The molecule has 106 valence electrons. The topological polar surface area (TPSA) is 63.6 Å². The van der Waals surface area contributed by atoms with Crippen LogP contribution in [-0.2, 0) is 0 Å². The van der Waals surface area contributed by atoms with Crippen LogP contribution in [0.5, 0.6) is 0 Å². The monoisotopic (exact) mass is 289 g/mol. The molecule has 0 spiro atoms. The Morgan fingerprint density at radius 2 is 1.70 bits per heavy atom. The van der Waals surface area contributed by atoms with Crippen LogP contribution in [0.1, 0.15) is 29.4 Å². The largest absolute Gasteiger partial charge is 0.354 e. The maximum absolute atomic E-state index is 4.52. The van der Waals surface area contributed by atoms with Crippen molar-refractivity contribution >= 4 is 17.7 Å². The van der Waals surface area contributed by atoms with Gasteiger partial charge in [0.15, 0.2) is 5.16 Å². The number of hydrogen-bond acceptors (Lipinski definition) is 6. The van der Waals surface area contributed by atoms with Gasteiger partial charge in [0, 0.05) is 29.7 Å². The lowest BCUT2D eigenvalue weighted by atomic mass is 10.2. The molecule has 0 fully saturated rings. The summed E-state index contributed by atoms with van der Waals surface area (Å²) in [6.45, 7) is 10.9. The Kier molecular flexibility index (Phi) is 4.54. The van der Waals surface area contributed by atoms with Crippen molar-refractivity contribution in [3.63, 3.8) is 0 Å². The van der Waals surface area contributed by atoms with Gasteiger partial charge in [-0.1, -0.05) is 0 Å². The van der Waals surface area contributed by atoms with E-state index < -0.39 is 0 Å². The molecule has 5 nitrogen and oxygen atoms in total. The number of nitrogens with zero attached hydrogens (tertiary/aromatic N) is 4. The molecule has 0 aliphatic rings. The van der Waals surface area contributed by atoms with E-state index in [0.29, 0.717) is 5.95 Å². The average Bonchev–Trinajstić information content (AvgIpc) is 2.40. The van der Waals surface area contributed by atoms with E-state index in [-0.39, 0.29) is 0 Å². The number of nitrogens with one attached hydrogen (secondary N) is 1. The fourth-order valence-corrected chi connectivity index (χ4v) is 2.53. The molecule has 0 amide bonds. The van der Waals surface area contributed by atoms with E-state index in [0.717, 1.165) is 39.2 Å². The Hall–Kier alpha value is -1.69. The van der Waals surface area contributed by atoms with Gasteiger partial charge in [-0.05, 0) is 51.9 Å². The molecule has 20 heavy (non-hydrogen) atoms. The minimum absolute atomic E-state index is 0.640. The third-order valence-corrected chi connectivity index (χ3v) is 4.03. The van der Waals surface area contributed by atoms with Crippen LogP contribution < -0.4 is 5.32 Å². The van der Waals surface area contributed by atoms with E-state index >= 15 is 0 Å². The second kappa shape index (κ2) is 6.17. The van der Waals surface area contributed by atoms with Crippen LogP contribution in [0.25, 0.3) is 0 Å². The van der Waals surface area contributed by atoms with Gasteiger partial charge >= 0.3 is 0 Å². The van der Waals surface area contributed by atoms with Crippen LogP contribution in [0.2, 0.25) is 0 Å². The second-order valence-corrected chi connectivity index (χ2v) is 5.57. The lowest BCUT2D eigenvalue weighted by molar-refractivity contribution is 0.875. The van der Waals surface area contributed by atoms with Gasteiger partial charge < -0.3 is 5.32 Å². The van der Waals surface area contributed by atoms with Crippen molar-refractivity contribution in [1.82, 2.24) is 19.9 Å². The molecule has 6 heteroatoms. The van der Waals surface area contributed by atoms with E-state index in [9.17, 15) is 0 Å². The molecule has 2 heterocycles. The van der Waals surface area contributed by atoms with Crippen LogP contribution >= 0.6 is 11.8 Å². The molecule has 0 unspecified atom stereocenters. The molecule has 0 radical (unpaired) electrons. The first-order chi connectivity index (χ1) is 9.51. The summed E-state index contributed by atoms with van der Waals surface area (Å²) in [6.07, 6.45) is 1.82. The summed E-state index contributed by atoms with van der Waals surface area (Å²) in [6, 6.07) is 0. The summed E-state index contributed by atoms with van der Waals surface area (Å²) < 4.78 is 0. The predicted octanol–water partition coefficient (Wildman–Crippen LogP) is 3.08. The number of aryl methyl sites for hydroxylation is 3. The zero-order chi connectivity index (χ0) is 14.7. The first-order valence-electron chi connectivity index (χ1n) is 6.58.